The van der Waals surface area contributed by atoms with Gasteiger partial charge in [0.25, 0.3) is 11.8 Å². The van der Waals surface area contributed by atoms with Crippen LogP contribution < -0.4 is 15.5 Å². The zero-order valence-electron chi connectivity index (χ0n) is 15.9. The number of hydrogen-bond acceptors (Lipinski definition) is 4. The maximum absolute atomic E-state index is 12.4. The van der Waals surface area contributed by atoms with Crippen LogP contribution in [0.25, 0.3) is 0 Å². The Morgan fingerprint density at radius 2 is 1.83 bits per heavy atom. The molecule has 2 N–H and O–H groups in total. The van der Waals surface area contributed by atoms with E-state index in [1.807, 2.05) is 12.1 Å². The Balaban J connectivity index is 1.68. The number of nitrogens with one attached hydrogen (secondary N) is 2. The second-order valence-electron chi connectivity index (χ2n) is 6.10. The predicted octanol–water partition coefficient (Wildman–Crippen LogP) is 5.13. The second-order valence-corrected chi connectivity index (χ2v) is 7.42. The third-order valence-corrected chi connectivity index (χ3v) is 4.89. The van der Waals surface area contributed by atoms with Crippen LogP contribution in [0.2, 0.25) is 5.02 Å². The molecular formula is C22H17BrClN3O3. The summed E-state index contributed by atoms with van der Waals surface area (Å²) in [7, 11) is 1.56. The van der Waals surface area contributed by atoms with E-state index >= 15 is 0 Å². The molecule has 0 unspecified atom stereocenters. The number of carbonyl (C=O) groups is 2. The zero-order chi connectivity index (χ0) is 21.5. The Bertz CT molecular complexity index is 1120. The Labute approximate surface area is 187 Å². The summed E-state index contributed by atoms with van der Waals surface area (Å²) in [5.74, 6) is -0.160. The second kappa shape index (κ2) is 10.0. The number of hydrazone groups is 1. The molecule has 0 heterocycles. The number of ether oxygens (including phenoxy) is 1. The van der Waals surface area contributed by atoms with Gasteiger partial charge in [0, 0.05) is 21.3 Å². The first kappa shape index (κ1) is 21.5. The van der Waals surface area contributed by atoms with Gasteiger partial charge in [0.2, 0.25) is 0 Å². The summed E-state index contributed by atoms with van der Waals surface area (Å²) in [4.78, 5) is 24.8. The summed E-state index contributed by atoms with van der Waals surface area (Å²) in [6, 6.07) is 18.7. The van der Waals surface area contributed by atoms with Gasteiger partial charge in [-0.25, -0.2) is 5.43 Å². The molecule has 3 aromatic carbocycles. The standard InChI is InChI=1S/C22H17BrClN3O3/c1-30-20-10-9-16(23)11-15(20)13-25-27-21(28)14-5-4-6-17(12-14)26-22(29)18-7-2-3-8-19(18)24/h2-13H,1H3,(H,26,29)(H,27,28)/b25-13+. The number of rotatable bonds is 6. The number of hydrogen-bond donors (Lipinski definition) is 2. The van der Waals surface area contributed by atoms with Crippen LogP contribution in [-0.2, 0) is 0 Å². The Morgan fingerprint density at radius 3 is 2.60 bits per heavy atom. The lowest BCUT2D eigenvalue weighted by Gasteiger charge is -2.08. The first-order valence-corrected chi connectivity index (χ1v) is 9.98. The number of nitrogens with zero attached hydrogens (tertiary/aromatic N) is 1. The van der Waals surface area contributed by atoms with Gasteiger partial charge in [0.1, 0.15) is 5.75 Å². The molecule has 0 fully saturated rings. The summed E-state index contributed by atoms with van der Waals surface area (Å²) in [6.45, 7) is 0. The average Bonchev–Trinajstić information content (AvgIpc) is 2.74. The number of anilines is 1. The molecular weight excluding hydrogens is 470 g/mol. The van der Waals surface area contributed by atoms with E-state index in [0.29, 0.717) is 33.1 Å². The van der Waals surface area contributed by atoms with E-state index in [2.05, 4.69) is 31.8 Å². The SMILES string of the molecule is COc1ccc(Br)cc1/C=N/NC(=O)c1cccc(NC(=O)c2ccccc2Cl)c1. The molecule has 0 bridgehead atoms. The van der Waals surface area contributed by atoms with Crippen molar-refractivity contribution in [2.24, 2.45) is 5.10 Å². The molecule has 6 nitrogen and oxygen atoms in total. The van der Waals surface area contributed by atoms with Crippen LogP contribution in [0.1, 0.15) is 26.3 Å². The summed E-state index contributed by atoms with van der Waals surface area (Å²) in [5, 5.41) is 7.07. The van der Waals surface area contributed by atoms with Crippen molar-refractivity contribution in [2.75, 3.05) is 12.4 Å². The van der Waals surface area contributed by atoms with E-state index < -0.39 is 5.91 Å². The lowest BCUT2D eigenvalue weighted by Crippen LogP contribution is -2.18. The van der Waals surface area contributed by atoms with Crippen molar-refractivity contribution in [1.82, 2.24) is 5.43 Å². The van der Waals surface area contributed by atoms with Crippen molar-refractivity contribution in [3.63, 3.8) is 0 Å². The van der Waals surface area contributed by atoms with Crippen molar-refractivity contribution in [3.05, 3.63) is 92.9 Å². The first-order valence-electron chi connectivity index (χ1n) is 8.81. The molecule has 0 spiro atoms. The van der Waals surface area contributed by atoms with Gasteiger partial charge in [0.05, 0.1) is 23.9 Å². The van der Waals surface area contributed by atoms with Crippen molar-refractivity contribution >= 4 is 51.2 Å². The maximum Gasteiger partial charge on any atom is 0.271 e. The van der Waals surface area contributed by atoms with E-state index in [0.717, 1.165) is 4.47 Å². The molecule has 0 aliphatic carbocycles. The van der Waals surface area contributed by atoms with Gasteiger partial charge in [-0.15, -0.1) is 0 Å². The normalized spacial score (nSPS) is 10.6. The monoisotopic (exact) mass is 485 g/mol. The number of carbonyl (C=O) groups excluding carboxylic acids is 2. The molecule has 152 valence electrons. The third kappa shape index (κ3) is 5.46. The minimum atomic E-state index is -0.422. The lowest BCUT2D eigenvalue weighted by molar-refractivity contribution is 0.0953. The van der Waals surface area contributed by atoms with Crippen LogP contribution in [0.3, 0.4) is 0 Å². The Kier molecular flexibility index (Phi) is 7.21. The van der Waals surface area contributed by atoms with Crippen LogP contribution in [0.5, 0.6) is 5.75 Å². The number of halogens is 2. The van der Waals surface area contributed by atoms with Gasteiger partial charge in [-0.3, -0.25) is 9.59 Å². The van der Waals surface area contributed by atoms with Gasteiger partial charge in [-0.05, 0) is 48.5 Å². The van der Waals surface area contributed by atoms with Gasteiger partial charge in [-0.2, -0.15) is 5.10 Å². The molecule has 0 radical (unpaired) electrons. The van der Waals surface area contributed by atoms with Gasteiger partial charge < -0.3 is 10.1 Å². The molecule has 0 aliphatic heterocycles. The zero-order valence-corrected chi connectivity index (χ0v) is 18.2. The highest BCUT2D eigenvalue weighted by Gasteiger charge is 2.11. The van der Waals surface area contributed by atoms with E-state index in [1.54, 1.807) is 61.7 Å². The van der Waals surface area contributed by atoms with Crippen molar-refractivity contribution in [2.45, 2.75) is 0 Å². The van der Waals surface area contributed by atoms with Crippen LogP contribution in [0.4, 0.5) is 5.69 Å². The fraction of sp³-hybridized carbons (Fsp3) is 0.0455. The molecule has 0 aliphatic rings. The molecule has 0 saturated heterocycles. The quantitative estimate of drug-likeness (QED) is 0.374. The van der Waals surface area contributed by atoms with Gasteiger partial charge in [-0.1, -0.05) is 45.7 Å². The van der Waals surface area contributed by atoms with Crippen LogP contribution in [-0.4, -0.2) is 25.1 Å². The number of benzene rings is 3. The molecule has 0 aromatic heterocycles. The molecule has 0 atom stereocenters. The van der Waals surface area contributed by atoms with Crippen molar-refractivity contribution in [3.8, 4) is 5.75 Å². The van der Waals surface area contributed by atoms with Crippen molar-refractivity contribution < 1.29 is 14.3 Å². The van der Waals surface area contributed by atoms with Crippen molar-refractivity contribution in [1.29, 1.82) is 0 Å². The Morgan fingerprint density at radius 1 is 1.03 bits per heavy atom. The van der Waals surface area contributed by atoms with E-state index in [-0.39, 0.29) is 5.91 Å². The van der Waals surface area contributed by atoms with E-state index in [1.165, 1.54) is 6.21 Å². The molecule has 30 heavy (non-hydrogen) atoms. The fourth-order valence-corrected chi connectivity index (χ4v) is 3.21. The highest BCUT2D eigenvalue weighted by Crippen LogP contribution is 2.21. The fourth-order valence-electron chi connectivity index (χ4n) is 2.61. The molecule has 3 rings (SSSR count). The number of amides is 2. The first-order chi connectivity index (χ1) is 14.5. The van der Waals surface area contributed by atoms with Crippen LogP contribution in [0, 0.1) is 0 Å². The minimum Gasteiger partial charge on any atom is -0.496 e. The van der Waals surface area contributed by atoms with Gasteiger partial charge >= 0.3 is 0 Å². The topological polar surface area (TPSA) is 79.8 Å². The predicted molar refractivity (Wildman–Crippen MR) is 122 cm³/mol. The van der Waals surface area contributed by atoms with Gasteiger partial charge in [0.15, 0.2) is 0 Å². The Hall–Kier alpha value is -3.16. The summed E-state index contributed by atoms with van der Waals surface area (Å²) in [6.07, 6.45) is 1.49. The smallest absolute Gasteiger partial charge is 0.271 e. The third-order valence-electron chi connectivity index (χ3n) is 4.06. The van der Waals surface area contributed by atoms with Crippen LogP contribution >= 0.6 is 27.5 Å². The summed E-state index contributed by atoms with van der Waals surface area (Å²) >= 11 is 9.44. The van der Waals surface area contributed by atoms with E-state index in [4.69, 9.17) is 16.3 Å². The maximum atomic E-state index is 12.4. The largest absolute Gasteiger partial charge is 0.496 e. The minimum absolute atomic E-state index is 0.338. The molecule has 2 amide bonds. The summed E-state index contributed by atoms with van der Waals surface area (Å²) < 4.78 is 6.12. The summed E-state index contributed by atoms with van der Waals surface area (Å²) in [5.41, 5.74) is 4.32. The average molecular weight is 487 g/mol. The van der Waals surface area contributed by atoms with Crippen LogP contribution in [0.15, 0.2) is 76.3 Å². The highest BCUT2D eigenvalue weighted by atomic mass is 79.9. The van der Waals surface area contributed by atoms with E-state index in [9.17, 15) is 9.59 Å². The number of methoxy groups -OCH3 is 1. The molecule has 3 aromatic rings. The molecule has 0 saturated carbocycles. The molecule has 8 heteroatoms. The lowest BCUT2D eigenvalue weighted by atomic mass is 10.1. The highest BCUT2D eigenvalue weighted by molar-refractivity contribution is 9.10.